The number of methoxy groups -OCH3 is 1. The van der Waals surface area contributed by atoms with Gasteiger partial charge in [0.15, 0.2) is 0 Å². The van der Waals surface area contributed by atoms with Crippen LogP contribution in [0.15, 0.2) is 54.7 Å². The van der Waals surface area contributed by atoms with Crippen molar-refractivity contribution in [3.63, 3.8) is 0 Å². The van der Waals surface area contributed by atoms with Crippen LogP contribution in [0.1, 0.15) is 13.8 Å². The summed E-state index contributed by atoms with van der Waals surface area (Å²) in [6, 6.07) is 16.6. The van der Waals surface area contributed by atoms with Crippen molar-refractivity contribution in [2.24, 2.45) is 0 Å². The molecule has 0 saturated carbocycles. The van der Waals surface area contributed by atoms with Gasteiger partial charge >= 0.3 is 0 Å². The standard InChI is InChI=1S/C22H26N4O/c1-4-24(5-2)13-14-25-20-11-6-7-12-21(20)26-16-19(23-22(25)26)17-9-8-10-18(15-17)27-3/h6-12,15-16H,4-5,13-14H2,1-3H3. The monoisotopic (exact) mass is 362 g/mol. The van der Waals surface area contributed by atoms with E-state index >= 15 is 0 Å². The van der Waals surface area contributed by atoms with Gasteiger partial charge in [-0.25, -0.2) is 4.98 Å². The minimum atomic E-state index is 0.847. The lowest BCUT2D eigenvalue weighted by atomic mass is 10.1. The first-order chi connectivity index (χ1) is 13.2. The number of hydrogen-bond acceptors (Lipinski definition) is 3. The van der Waals surface area contributed by atoms with Crippen LogP contribution in [0.4, 0.5) is 0 Å². The molecule has 27 heavy (non-hydrogen) atoms. The lowest BCUT2D eigenvalue weighted by Crippen LogP contribution is -2.27. The van der Waals surface area contributed by atoms with Crippen LogP contribution in [-0.2, 0) is 6.54 Å². The molecule has 2 heterocycles. The van der Waals surface area contributed by atoms with E-state index in [0.29, 0.717) is 0 Å². The molecule has 0 aliphatic carbocycles. The van der Waals surface area contributed by atoms with Crippen LogP contribution >= 0.6 is 0 Å². The molecule has 0 fully saturated rings. The summed E-state index contributed by atoms with van der Waals surface area (Å²) < 4.78 is 9.90. The van der Waals surface area contributed by atoms with Gasteiger partial charge in [-0.1, -0.05) is 38.1 Å². The molecule has 0 saturated heterocycles. The average molecular weight is 362 g/mol. The lowest BCUT2D eigenvalue weighted by molar-refractivity contribution is 0.293. The van der Waals surface area contributed by atoms with Crippen molar-refractivity contribution in [3.05, 3.63) is 54.7 Å². The number of para-hydroxylation sites is 2. The lowest BCUT2D eigenvalue weighted by Gasteiger charge is -2.18. The zero-order valence-electron chi connectivity index (χ0n) is 16.2. The van der Waals surface area contributed by atoms with Crippen molar-refractivity contribution in [1.29, 1.82) is 0 Å². The van der Waals surface area contributed by atoms with E-state index in [1.165, 1.54) is 11.0 Å². The molecular formula is C22H26N4O. The van der Waals surface area contributed by atoms with Gasteiger partial charge in [0.25, 0.3) is 0 Å². The fourth-order valence-corrected chi connectivity index (χ4v) is 3.67. The minimum absolute atomic E-state index is 0.847. The van der Waals surface area contributed by atoms with Crippen LogP contribution < -0.4 is 4.74 Å². The first-order valence-electron chi connectivity index (χ1n) is 9.58. The second-order valence-corrected chi connectivity index (χ2v) is 6.70. The highest BCUT2D eigenvalue weighted by Crippen LogP contribution is 2.27. The summed E-state index contributed by atoms with van der Waals surface area (Å²) in [7, 11) is 1.69. The van der Waals surface area contributed by atoms with Gasteiger partial charge in [0.1, 0.15) is 5.75 Å². The van der Waals surface area contributed by atoms with Crippen LogP contribution in [0, 0.1) is 0 Å². The van der Waals surface area contributed by atoms with Crippen molar-refractivity contribution in [3.8, 4) is 17.0 Å². The summed E-state index contributed by atoms with van der Waals surface area (Å²) in [5.41, 5.74) is 4.45. The molecule has 5 nitrogen and oxygen atoms in total. The molecule has 0 spiro atoms. The van der Waals surface area contributed by atoms with Crippen molar-refractivity contribution in [2.45, 2.75) is 20.4 Å². The highest BCUT2D eigenvalue weighted by Gasteiger charge is 2.15. The molecule has 0 atom stereocenters. The number of likely N-dealkylation sites (N-methyl/N-ethyl adjacent to an activating group) is 1. The number of rotatable bonds is 7. The van der Waals surface area contributed by atoms with Crippen molar-refractivity contribution in [1.82, 2.24) is 18.9 Å². The minimum Gasteiger partial charge on any atom is -0.497 e. The summed E-state index contributed by atoms with van der Waals surface area (Å²) in [6.07, 6.45) is 2.13. The molecule has 0 aliphatic rings. The highest BCUT2D eigenvalue weighted by atomic mass is 16.5. The number of nitrogens with zero attached hydrogens (tertiary/aromatic N) is 4. The Bertz CT molecular complexity index is 1060. The predicted molar refractivity (Wildman–Crippen MR) is 110 cm³/mol. The van der Waals surface area contributed by atoms with Crippen molar-refractivity contribution >= 4 is 16.8 Å². The molecule has 5 heteroatoms. The van der Waals surface area contributed by atoms with E-state index < -0.39 is 0 Å². The van der Waals surface area contributed by atoms with Crippen molar-refractivity contribution < 1.29 is 4.74 Å². The third kappa shape index (κ3) is 3.19. The summed E-state index contributed by atoms with van der Waals surface area (Å²) in [6.45, 7) is 8.49. The average Bonchev–Trinajstić information content (AvgIpc) is 3.27. The van der Waals surface area contributed by atoms with E-state index in [0.717, 1.165) is 49.0 Å². The SMILES string of the molecule is CCN(CC)CCn1c2ccccc2n2cc(-c3cccc(OC)c3)nc12. The third-order valence-electron chi connectivity index (χ3n) is 5.26. The zero-order chi connectivity index (χ0) is 18.8. The van der Waals surface area contributed by atoms with E-state index in [1.807, 2.05) is 18.2 Å². The summed E-state index contributed by atoms with van der Waals surface area (Å²) in [5.74, 6) is 1.83. The first-order valence-corrected chi connectivity index (χ1v) is 9.58. The maximum atomic E-state index is 5.37. The second kappa shape index (κ2) is 7.45. The zero-order valence-corrected chi connectivity index (χ0v) is 16.2. The number of ether oxygens (including phenoxy) is 1. The molecule has 0 amide bonds. The molecule has 0 radical (unpaired) electrons. The van der Waals surface area contributed by atoms with Gasteiger partial charge in [-0.2, -0.15) is 0 Å². The number of benzene rings is 2. The molecule has 0 aliphatic heterocycles. The molecule has 4 aromatic rings. The Morgan fingerprint density at radius 2 is 1.78 bits per heavy atom. The Labute approximate surface area is 159 Å². The predicted octanol–water partition coefficient (Wildman–Crippen LogP) is 4.31. The van der Waals surface area contributed by atoms with E-state index in [4.69, 9.17) is 9.72 Å². The Morgan fingerprint density at radius 1 is 1.00 bits per heavy atom. The quantitative estimate of drug-likeness (QED) is 0.491. The fourth-order valence-electron chi connectivity index (χ4n) is 3.67. The first kappa shape index (κ1) is 17.6. The number of fused-ring (bicyclic) bond motifs is 3. The Balaban J connectivity index is 1.81. The van der Waals surface area contributed by atoms with Crippen LogP contribution in [-0.4, -0.2) is 45.6 Å². The topological polar surface area (TPSA) is 34.7 Å². The summed E-state index contributed by atoms with van der Waals surface area (Å²) in [4.78, 5) is 7.42. The molecule has 140 valence electrons. The van der Waals surface area contributed by atoms with Crippen LogP contribution in [0.25, 0.3) is 28.1 Å². The molecule has 0 unspecified atom stereocenters. The molecule has 0 bridgehead atoms. The van der Waals surface area contributed by atoms with Crippen LogP contribution in [0.3, 0.4) is 0 Å². The maximum Gasteiger partial charge on any atom is 0.215 e. The van der Waals surface area contributed by atoms with Gasteiger partial charge < -0.3 is 14.2 Å². The van der Waals surface area contributed by atoms with Crippen molar-refractivity contribution in [2.75, 3.05) is 26.7 Å². The van der Waals surface area contributed by atoms with Gasteiger partial charge in [-0.3, -0.25) is 4.40 Å². The number of imidazole rings is 2. The molecule has 4 rings (SSSR count). The maximum absolute atomic E-state index is 5.37. The molecular weight excluding hydrogens is 336 g/mol. The number of aromatic nitrogens is 3. The largest absolute Gasteiger partial charge is 0.497 e. The van der Waals surface area contributed by atoms with Crippen LogP contribution in [0.5, 0.6) is 5.75 Å². The van der Waals surface area contributed by atoms with Gasteiger partial charge in [0, 0.05) is 24.8 Å². The Morgan fingerprint density at radius 3 is 2.52 bits per heavy atom. The van der Waals surface area contributed by atoms with Crippen LogP contribution in [0.2, 0.25) is 0 Å². The Hall–Kier alpha value is -2.79. The van der Waals surface area contributed by atoms with Gasteiger partial charge in [0.05, 0.1) is 23.8 Å². The summed E-state index contributed by atoms with van der Waals surface area (Å²) in [5, 5.41) is 0. The van der Waals surface area contributed by atoms with E-state index in [-0.39, 0.29) is 0 Å². The molecule has 2 aromatic carbocycles. The second-order valence-electron chi connectivity index (χ2n) is 6.70. The normalized spacial score (nSPS) is 11.7. The third-order valence-corrected chi connectivity index (χ3v) is 5.26. The van der Waals surface area contributed by atoms with E-state index in [2.05, 4.69) is 64.2 Å². The molecule has 0 N–H and O–H groups in total. The fraction of sp³-hybridized carbons (Fsp3) is 0.318. The van der Waals surface area contributed by atoms with Gasteiger partial charge in [-0.05, 0) is 37.4 Å². The summed E-state index contributed by atoms with van der Waals surface area (Å²) >= 11 is 0. The Kier molecular flexibility index (Phi) is 4.86. The van der Waals surface area contributed by atoms with Gasteiger partial charge in [-0.15, -0.1) is 0 Å². The number of hydrogen-bond donors (Lipinski definition) is 0. The van der Waals surface area contributed by atoms with E-state index in [1.54, 1.807) is 7.11 Å². The smallest absolute Gasteiger partial charge is 0.215 e. The molecule has 2 aromatic heterocycles. The van der Waals surface area contributed by atoms with Gasteiger partial charge in [0.2, 0.25) is 5.78 Å². The highest BCUT2D eigenvalue weighted by molar-refractivity contribution is 5.82. The van der Waals surface area contributed by atoms with E-state index in [9.17, 15) is 0 Å².